The first kappa shape index (κ1) is 22.5. The number of ether oxygens (including phenoxy) is 1. The van der Waals surface area contributed by atoms with Gasteiger partial charge in [-0.3, -0.25) is 14.3 Å². The number of aryl methyl sites for hydroxylation is 1. The number of hydrogen-bond donors (Lipinski definition) is 1. The van der Waals surface area contributed by atoms with E-state index in [1.54, 1.807) is 41.2 Å². The number of aliphatic imine (C=N–C) groups is 1. The smallest absolute Gasteiger partial charge is 0.257 e. The van der Waals surface area contributed by atoms with E-state index in [9.17, 15) is 9.59 Å². The monoisotopic (exact) mass is 478 g/mol. The molecule has 1 amide bonds. The second-order valence-electron chi connectivity index (χ2n) is 8.51. The van der Waals surface area contributed by atoms with Crippen molar-refractivity contribution < 1.29 is 18.7 Å². The van der Waals surface area contributed by atoms with Crippen LogP contribution >= 0.6 is 11.8 Å². The van der Waals surface area contributed by atoms with Crippen LogP contribution in [0.15, 0.2) is 65.9 Å². The summed E-state index contributed by atoms with van der Waals surface area (Å²) in [6.07, 6.45) is 4.79. The molecule has 0 radical (unpaired) electrons. The summed E-state index contributed by atoms with van der Waals surface area (Å²) in [5.41, 5.74) is 1.07. The van der Waals surface area contributed by atoms with Gasteiger partial charge in [0.05, 0.1) is 18.9 Å². The zero-order valence-electron chi connectivity index (χ0n) is 18.5. The maximum atomic E-state index is 15.2. The van der Waals surface area contributed by atoms with Gasteiger partial charge in [-0.15, -0.1) is 0 Å². The quantitative estimate of drug-likeness (QED) is 0.576. The largest absolute Gasteiger partial charge is 0.370 e. The van der Waals surface area contributed by atoms with Crippen LogP contribution in [0.1, 0.15) is 44.4 Å². The van der Waals surface area contributed by atoms with Gasteiger partial charge in [0.2, 0.25) is 0 Å². The number of carbonyl (C=O) groups is 2. The number of halogens is 1. The molecule has 0 spiro atoms. The van der Waals surface area contributed by atoms with Crippen LogP contribution < -0.4 is 5.32 Å². The number of aldehydes is 1. The maximum absolute atomic E-state index is 15.2. The molecule has 2 aliphatic heterocycles. The molecule has 3 aromatic rings. The number of fused-ring (bicyclic) bond motifs is 1. The first-order valence-electron chi connectivity index (χ1n) is 10.9. The van der Waals surface area contributed by atoms with Gasteiger partial charge in [-0.2, -0.15) is 5.10 Å². The highest BCUT2D eigenvalue weighted by molar-refractivity contribution is 8.13. The number of rotatable bonds is 4. The van der Waals surface area contributed by atoms with E-state index in [1.165, 1.54) is 23.9 Å². The summed E-state index contributed by atoms with van der Waals surface area (Å²) >= 11 is 1.43. The van der Waals surface area contributed by atoms with Gasteiger partial charge in [0.15, 0.2) is 5.17 Å². The lowest BCUT2D eigenvalue weighted by atomic mass is 9.74. The second kappa shape index (κ2) is 9.15. The van der Waals surface area contributed by atoms with E-state index in [2.05, 4.69) is 10.4 Å². The molecule has 3 atom stereocenters. The molecule has 7 nitrogen and oxygen atoms in total. The zero-order valence-corrected chi connectivity index (χ0v) is 19.3. The molecular weight excluding hydrogens is 455 g/mol. The molecule has 1 aromatic heterocycles. The Morgan fingerprint density at radius 2 is 2.12 bits per heavy atom. The normalized spacial score (nSPS) is 24.1. The van der Waals surface area contributed by atoms with Gasteiger partial charge in [0.25, 0.3) is 5.91 Å². The number of amides is 1. The molecule has 1 N–H and O–H groups in total. The Labute approximate surface area is 200 Å². The molecule has 3 heterocycles. The van der Waals surface area contributed by atoms with Crippen molar-refractivity contribution >= 4 is 29.1 Å². The Bertz CT molecular complexity index is 1260. The SMILES string of the molecule is Cn1cc([C@H]2C[C@H]3CSC(NC(=O)c4ccccc4)=N[C@@]3(c3cc(C=O)ccc3F)CO2)cn1. The Kier molecular flexibility index (Phi) is 6.05. The van der Waals surface area contributed by atoms with Crippen LogP contribution in [-0.2, 0) is 17.3 Å². The van der Waals surface area contributed by atoms with E-state index in [-0.39, 0.29) is 24.5 Å². The van der Waals surface area contributed by atoms with Crippen molar-refractivity contribution in [2.24, 2.45) is 18.0 Å². The third-order valence-corrected chi connectivity index (χ3v) is 7.38. The predicted molar refractivity (Wildman–Crippen MR) is 127 cm³/mol. The molecule has 0 bridgehead atoms. The molecule has 0 unspecified atom stereocenters. The van der Waals surface area contributed by atoms with Crippen molar-refractivity contribution in [3.05, 3.63) is 89.0 Å². The standard InChI is InChI=1S/C25H23FN4O3S/c1-30-12-18(11-27-30)22-10-19-14-34-24(28-23(32)17-5-3-2-4-6-17)29-25(19,15-33-22)20-9-16(13-31)7-8-21(20)26/h2-9,11-13,19,22H,10,14-15H2,1H3,(H,28,29,32)/t19-,22+,25-/m0/s1. The van der Waals surface area contributed by atoms with Crippen LogP contribution in [0.2, 0.25) is 0 Å². The number of amidine groups is 1. The molecule has 34 heavy (non-hydrogen) atoms. The van der Waals surface area contributed by atoms with Crippen LogP contribution in [0.4, 0.5) is 4.39 Å². The summed E-state index contributed by atoms with van der Waals surface area (Å²) in [6.45, 7) is 0.113. The number of nitrogens with zero attached hydrogens (tertiary/aromatic N) is 3. The lowest BCUT2D eigenvalue weighted by Crippen LogP contribution is -2.49. The van der Waals surface area contributed by atoms with Gasteiger partial charge in [-0.25, -0.2) is 9.38 Å². The number of nitrogens with one attached hydrogen (secondary N) is 1. The van der Waals surface area contributed by atoms with Gasteiger partial charge in [-0.05, 0) is 36.8 Å². The number of aromatic nitrogens is 2. The molecule has 2 aromatic carbocycles. The highest BCUT2D eigenvalue weighted by Crippen LogP contribution is 2.49. The van der Waals surface area contributed by atoms with E-state index in [4.69, 9.17) is 9.73 Å². The van der Waals surface area contributed by atoms with Gasteiger partial charge >= 0.3 is 0 Å². The van der Waals surface area contributed by atoms with E-state index in [0.717, 1.165) is 5.56 Å². The van der Waals surface area contributed by atoms with Crippen LogP contribution in [0.25, 0.3) is 0 Å². The molecule has 0 saturated carbocycles. The average molecular weight is 479 g/mol. The van der Waals surface area contributed by atoms with Gasteiger partial charge in [-0.1, -0.05) is 30.0 Å². The fourth-order valence-electron chi connectivity index (χ4n) is 4.56. The summed E-state index contributed by atoms with van der Waals surface area (Å²) in [5, 5.41) is 7.52. The number of carbonyl (C=O) groups excluding carboxylic acids is 2. The first-order valence-corrected chi connectivity index (χ1v) is 11.9. The Morgan fingerprint density at radius 3 is 2.85 bits per heavy atom. The molecule has 9 heteroatoms. The summed E-state index contributed by atoms with van der Waals surface area (Å²) in [5.74, 6) is -0.208. The summed E-state index contributed by atoms with van der Waals surface area (Å²) in [6, 6.07) is 13.1. The zero-order chi connectivity index (χ0) is 23.7. The Hall–Kier alpha value is -3.30. The minimum atomic E-state index is -1.06. The topological polar surface area (TPSA) is 85.6 Å². The minimum absolute atomic E-state index is 0.0785. The first-order chi connectivity index (χ1) is 16.5. The number of thioether (sulfide) groups is 1. The van der Waals surface area contributed by atoms with Crippen molar-refractivity contribution in [1.29, 1.82) is 0 Å². The molecule has 1 saturated heterocycles. The van der Waals surface area contributed by atoms with Crippen LogP contribution in [0.3, 0.4) is 0 Å². The van der Waals surface area contributed by atoms with Crippen molar-refractivity contribution in [2.45, 2.75) is 18.1 Å². The van der Waals surface area contributed by atoms with Crippen LogP contribution in [-0.4, -0.2) is 39.5 Å². The maximum Gasteiger partial charge on any atom is 0.257 e. The highest BCUT2D eigenvalue weighted by Gasteiger charge is 2.50. The van der Waals surface area contributed by atoms with Crippen molar-refractivity contribution in [3.8, 4) is 0 Å². The van der Waals surface area contributed by atoms with Crippen molar-refractivity contribution in [2.75, 3.05) is 12.4 Å². The predicted octanol–water partition coefficient (Wildman–Crippen LogP) is 3.88. The van der Waals surface area contributed by atoms with Gasteiger partial charge in [0.1, 0.15) is 17.6 Å². The summed E-state index contributed by atoms with van der Waals surface area (Å²) in [4.78, 5) is 29.1. The second-order valence-corrected chi connectivity index (χ2v) is 9.52. The summed E-state index contributed by atoms with van der Waals surface area (Å²) in [7, 11) is 1.85. The summed E-state index contributed by atoms with van der Waals surface area (Å²) < 4.78 is 23.1. The highest BCUT2D eigenvalue weighted by atomic mass is 32.2. The fourth-order valence-corrected chi connectivity index (χ4v) is 5.72. The van der Waals surface area contributed by atoms with Gasteiger partial charge < -0.3 is 10.1 Å². The third kappa shape index (κ3) is 4.17. The molecule has 174 valence electrons. The van der Waals surface area contributed by atoms with Crippen molar-refractivity contribution in [1.82, 2.24) is 15.1 Å². The van der Waals surface area contributed by atoms with Crippen LogP contribution in [0.5, 0.6) is 0 Å². The fraction of sp³-hybridized carbons (Fsp3) is 0.280. The Morgan fingerprint density at radius 1 is 1.29 bits per heavy atom. The molecular formula is C25H23FN4O3S. The van der Waals surface area contributed by atoms with E-state index >= 15 is 4.39 Å². The Balaban J connectivity index is 1.52. The number of benzene rings is 2. The van der Waals surface area contributed by atoms with Crippen LogP contribution in [0, 0.1) is 11.7 Å². The van der Waals surface area contributed by atoms with E-state index < -0.39 is 11.4 Å². The lowest BCUT2D eigenvalue weighted by molar-refractivity contribution is -0.0588. The van der Waals surface area contributed by atoms with E-state index in [1.807, 2.05) is 19.3 Å². The number of hydrogen-bond acceptors (Lipinski definition) is 6. The lowest BCUT2D eigenvalue weighted by Gasteiger charge is -2.46. The molecule has 0 aliphatic carbocycles. The molecule has 2 aliphatic rings. The minimum Gasteiger partial charge on any atom is -0.370 e. The van der Waals surface area contributed by atoms with E-state index in [0.29, 0.717) is 40.3 Å². The van der Waals surface area contributed by atoms with Crippen molar-refractivity contribution in [3.63, 3.8) is 0 Å². The average Bonchev–Trinajstić information content (AvgIpc) is 3.30. The molecule has 1 fully saturated rings. The third-order valence-electron chi connectivity index (χ3n) is 6.35. The van der Waals surface area contributed by atoms with Gasteiger partial charge in [0, 0.05) is 47.2 Å². The molecule has 5 rings (SSSR count).